The van der Waals surface area contributed by atoms with Crippen LogP contribution >= 0.6 is 0 Å². The van der Waals surface area contributed by atoms with E-state index in [0.29, 0.717) is 0 Å². The maximum absolute atomic E-state index is 13.8. The summed E-state index contributed by atoms with van der Waals surface area (Å²) in [6, 6.07) is 13.1. The number of aromatic nitrogens is 2. The molecule has 0 aliphatic heterocycles. The van der Waals surface area contributed by atoms with Gasteiger partial charge in [0.2, 0.25) is 0 Å². The Morgan fingerprint density at radius 2 is 1.77 bits per heavy atom. The van der Waals surface area contributed by atoms with Crippen molar-refractivity contribution in [3.8, 4) is 0 Å². The van der Waals surface area contributed by atoms with E-state index in [9.17, 15) is 4.39 Å². The minimum atomic E-state index is -1.69. The van der Waals surface area contributed by atoms with Crippen LogP contribution in [0.5, 0.6) is 0 Å². The first kappa shape index (κ1) is 13.5. The Bertz CT molecular complexity index is 1030. The van der Waals surface area contributed by atoms with E-state index >= 15 is 0 Å². The molecule has 0 fully saturated rings. The van der Waals surface area contributed by atoms with Crippen LogP contribution in [0.2, 0.25) is 19.6 Å². The first-order chi connectivity index (χ1) is 10.4. The summed E-state index contributed by atoms with van der Waals surface area (Å²) in [6.45, 7) is 6.90. The summed E-state index contributed by atoms with van der Waals surface area (Å²) in [6.07, 6.45) is 0. The highest BCUT2D eigenvalue weighted by atomic mass is 28.3. The van der Waals surface area contributed by atoms with Crippen molar-refractivity contribution in [1.82, 2.24) is 9.97 Å². The molecule has 4 aromatic rings. The molecule has 110 valence electrons. The van der Waals surface area contributed by atoms with Gasteiger partial charge in [-0.05, 0) is 29.5 Å². The lowest BCUT2D eigenvalue weighted by molar-refractivity contribution is 0.629. The zero-order valence-corrected chi connectivity index (χ0v) is 13.9. The first-order valence-electron chi connectivity index (χ1n) is 7.45. The molecule has 0 saturated carbocycles. The number of nitrogens with zero attached hydrogens (tertiary/aromatic N) is 1. The fourth-order valence-corrected chi connectivity index (χ4v) is 5.32. The molecule has 2 aromatic heterocycles. The molecule has 22 heavy (non-hydrogen) atoms. The van der Waals surface area contributed by atoms with E-state index < -0.39 is 8.07 Å². The lowest BCUT2D eigenvalue weighted by Gasteiger charge is -2.20. The van der Waals surface area contributed by atoms with Crippen molar-refractivity contribution in [3.63, 3.8) is 0 Å². The van der Waals surface area contributed by atoms with Crippen LogP contribution in [0.25, 0.3) is 32.8 Å². The molecular formula is C18H17FN2Si. The molecule has 2 nitrogen and oxygen atoms in total. The second-order valence-corrected chi connectivity index (χ2v) is 11.8. The molecule has 0 spiro atoms. The number of aromatic amines is 1. The Kier molecular flexibility index (Phi) is 2.69. The van der Waals surface area contributed by atoms with Crippen molar-refractivity contribution >= 4 is 46.1 Å². The van der Waals surface area contributed by atoms with E-state index in [-0.39, 0.29) is 5.82 Å². The predicted molar refractivity (Wildman–Crippen MR) is 94.0 cm³/mol. The Morgan fingerprint density at radius 3 is 2.55 bits per heavy atom. The van der Waals surface area contributed by atoms with Gasteiger partial charge in [0.1, 0.15) is 11.5 Å². The van der Waals surface area contributed by atoms with Crippen molar-refractivity contribution in [2.75, 3.05) is 0 Å². The van der Waals surface area contributed by atoms with Crippen molar-refractivity contribution in [1.29, 1.82) is 0 Å². The number of hydrogen-bond donors (Lipinski definition) is 1. The molecule has 1 N–H and O–H groups in total. The van der Waals surface area contributed by atoms with Crippen LogP contribution in [-0.4, -0.2) is 18.0 Å². The summed E-state index contributed by atoms with van der Waals surface area (Å²) in [5.41, 5.74) is 2.84. The van der Waals surface area contributed by atoms with Gasteiger partial charge < -0.3 is 4.98 Å². The second kappa shape index (κ2) is 4.40. The van der Waals surface area contributed by atoms with E-state index in [1.165, 1.54) is 16.6 Å². The molecule has 0 radical (unpaired) electrons. The summed E-state index contributed by atoms with van der Waals surface area (Å²) < 4.78 is 13.8. The van der Waals surface area contributed by atoms with E-state index in [0.717, 1.165) is 27.5 Å². The van der Waals surface area contributed by atoms with Crippen molar-refractivity contribution in [2.45, 2.75) is 19.6 Å². The van der Waals surface area contributed by atoms with Crippen molar-refractivity contribution in [3.05, 3.63) is 48.3 Å². The average Bonchev–Trinajstić information content (AvgIpc) is 2.81. The molecular weight excluding hydrogens is 291 g/mol. The lowest BCUT2D eigenvalue weighted by atomic mass is 10.1. The Morgan fingerprint density at radius 1 is 1.00 bits per heavy atom. The molecule has 0 bridgehead atoms. The van der Waals surface area contributed by atoms with Crippen LogP contribution in [0.3, 0.4) is 0 Å². The van der Waals surface area contributed by atoms with E-state index in [1.54, 1.807) is 12.1 Å². The lowest BCUT2D eigenvalue weighted by Crippen LogP contribution is -2.39. The summed E-state index contributed by atoms with van der Waals surface area (Å²) in [5, 5.41) is 4.57. The van der Waals surface area contributed by atoms with Gasteiger partial charge in [-0.15, -0.1) is 0 Å². The largest absolute Gasteiger partial charge is 0.339 e. The molecule has 4 rings (SSSR count). The number of fused-ring (bicyclic) bond motifs is 4. The Hall–Kier alpha value is -2.20. The highest BCUT2D eigenvalue weighted by Crippen LogP contribution is 2.28. The predicted octanol–water partition coefficient (Wildman–Crippen LogP) is 4.55. The number of benzene rings is 2. The molecule has 0 aliphatic carbocycles. The standard InChI is InChI=1S/C18H17FN2Si/c1-22(2,3)17-13-10-11(19)8-9-15(13)21-18-16(17)12-6-4-5-7-14(12)20-18/h4-10H,1-3H3,(H,20,21). The van der Waals surface area contributed by atoms with Gasteiger partial charge >= 0.3 is 0 Å². The van der Waals surface area contributed by atoms with Crippen LogP contribution < -0.4 is 5.19 Å². The minimum absolute atomic E-state index is 0.201. The summed E-state index contributed by atoms with van der Waals surface area (Å²) >= 11 is 0. The number of rotatable bonds is 1. The molecule has 0 unspecified atom stereocenters. The Balaban J connectivity index is 2.34. The monoisotopic (exact) mass is 308 g/mol. The first-order valence-corrected chi connectivity index (χ1v) is 11.0. The molecule has 2 aromatic carbocycles. The van der Waals surface area contributed by atoms with Crippen molar-refractivity contribution in [2.24, 2.45) is 0 Å². The molecule has 0 amide bonds. The molecule has 0 aliphatic rings. The van der Waals surface area contributed by atoms with E-state index in [2.05, 4.69) is 36.8 Å². The van der Waals surface area contributed by atoms with Crippen molar-refractivity contribution < 1.29 is 4.39 Å². The summed E-state index contributed by atoms with van der Waals surface area (Å²) in [4.78, 5) is 8.14. The maximum Gasteiger partial charge on any atom is 0.138 e. The van der Waals surface area contributed by atoms with E-state index in [1.807, 2.05) is 12.1 Å². The summed E-state index contributed by atoms with van der Waals surface area (Å²) in [5.74, 6) is -0.201. The van der Waals surface area contributed by atoms with Crippen LogP contribution in [-0.2, 0) is 0 Å². The normalized spacial score (nSPS) is 12.5. The number of pyridine rings is 1. The van der Waals surface area contributed by atoms with Crippen LogP contribution in [0, 0.1) is 5.82 Å². The highest BCUT2D eigenvalue weighted by Gasteiger charge is 2.25. The van der Waals surface area contributed by atoms with Gasteiger partial charge in [0.15, 0.2) is 0 Å². The van der Waals surface area contributed by atoms with E-state index in [4.69, 9.17) is 4.98 Å². The molecule has 0 atom stereocenters. The topological polar surface area (TPSA) is 28.7 Å². The number of para-hydroxylation sites is 1. The average molecular weight is 308 g/mol. The number of halogens is 1. The SMILES string of the molecule is C[Si](C)(C)c1c2cc(F)ccc2nc2[nH]c3ccccc3c12. The quantitative estimate of drug-likeness (QED) is 0.513. The second-order valence-electron chi connectivity index (χ2n) is 6.79. The zero-order chi connectivity index (χ0) is 15.5. The smallest absolute Gasteiger partial charge is 0.138 e. The fraction of sp³-hybridized carbons (Fsp3) is 0.167. The third-order valence-electron chi connectivity index (χ3n) is 4.15. The number of nitrogens with one attached hydrogen (secondary N) is 1. The fourth-order valence-electron chi connectivity index (χ4n) is 3.30. The zero-order valence-electron chi connectivity index (χ0n) is 12.9. The van der Waals surface area contributed by atoms with Gasteiger partial charge in [-0.1, -0.05) is 37.8 Å². The third kappa shape index (κ3) is 1.87. The Labute approximate surface area is 129 Å². The van der Waals surface area contributed by atoms with Gasteiger partial charge in [0.25, 0.3) is 0 Å². The third-order valence-corrected chi connectivity index (χ3v) is 6.17. The highest BCUT2D eigenvalue weighted by molar-refractivity contribution is 6.92. The number of hydrogen-bond acceptors (Lipinski definition) is 1. The maximum atomic E-state index is 13.8. The van der Waals surface area contributed by atoms with Crippen LogP contribution in [0.4, 0.5) is 4.39 Å². The van der Waals surface area contributed by atoms with Crippen LogP contribution in [0.15, 0.2) is 42.5 Å². The summed E-state index contributed by atoms with van der Waals surface area (Å²) in [7, 11) is -1.69. The van der Waals surface area contributed by atoms with Gasteiger partial charge in [0.05, 0.1) is 13.6 Å². The van der Waals surface area contributed by atoms with Gasteiger partial charge in [-0.2, -0.15) is 0 Å². The van der Waals surface area contributed by atoms with Gasteiger partial charge in [-0.3, -0.25) is 0 Å². The number of H-pyrrole nitrogens is 1. The molecule has 0 saturated heterocycles. The molecule has 4 heteroatoms. The van der Waals surface area contributed by atoms with Gasteiger partial charge in [-0.25, -0.2) is 9.37 Å². The van der Waals surface area contributed by atoms with Crippen LogP contribution in [0.1, 0.15) is 0 Å². The minimum Gasteiger partial charge on any atom is -0.339 e. The molecule has 2 heterocycles. The van der Waals surface area contributed by atoms with Gasteiger partial charge in [0, 0.05) is 21.7 Å².